The van der Waals surface area contributed by atoms with Gasteiger partial charge in [-0.1, -0.05) is 36.4 Å². The number of esters is 6. The van der Waals surface area contributed by atoms with Gasteiger partial charge in [0.25, 0.3) is 0 Å². The second kappa shape index (κ2) is 22.4. The molecule has 2 aromatic rings. The van der Waals surface area contributed by atoms with Crippen LogP contribution in [0.15, 0.2) is 85.0 Å². The summed E-state index contributed by atoms with van der Waals surface area (Å²) in [6.45, 7) is 6.96. The first-order chi connectivity index (χ1) is 21.8. The smallest absolute Gasteiger partial charge is 0.545 e. The van der Waals surface area contributed by atoms with Crippen LogP contribution in [-0.2, 0) is 38.1 Å². The van der Waals surface area contributed by atoms with Gasteiger partial charge in [-0.05, 0) is 64.1 Å². The lowest BCUT2D eigenvalue weighted by Crippen LogP contribution is -2.23. The molecule has 0 aliphatic carbocycles. The maximum absolute atomic E-state index is 11.8. The molecule has 46 heavy (non-hydrogen) atoms. The monoisotopic (exact) mass is 640 g/mol. The number of carboxylic acids is 2. The lowest BCUT2D eigenvalue weighted by Gasteiger charge is -2.06. The van der Waals surface area contributed by atoms with Crippen LogP contribution in [0.1, 0.15) is 72.0 Å². The number of carbonyl (C=O) groups excluding carboxylic acids is 8. The van der Waals surface area contributed by atoms with E-state index in [1.165, 1.54) is 36.4 Å². The van der Waals surface area contributed by atoms with Crippen molar-refractivity contribution in [1.29, 1.82) is 0 Å². The van der Waals surface area contributed by atoms with Crippen LogP contribution in [-0.4, -0.2) is 61.0 Å². The zero-order valence-electron chi connectivity index (χ0n) is 27.2. The summed E-state index contributed by atoms with van der Waals surface area (Å²) in [6.07, 6.45) is 5.90. The van der Waals surface area contributed by atoms with E-state index in [-0.39, 0.29) is 38.3 Å². The number of hydrogen-bond donors (Lipinski definition) is 0. The highest BCUT2D eigenvalue weighted by atomic mass is 16.6. The number of aliphatic carboxylic acids is 2. The summed E-state index contributed by atoms with van der Waals surface area (Å²) in [6, 6.07) is 12.0. The van der Waals surface area contributed by atoms with Crippen LogP contribution in [0.5, 0.6) is 0 Å². The average molecular weight is 641 g/mol. The molecule has 0 saturated heterocycles. The third-order valence-electron chi connectivity index (χ3n) is 4.63. The fourth-order valence-corrected chi connectivity index (χ4v) is 2.86. The molecule has 0 N–H and O–H groups in total. The summed E-state index contributed by atoms with van der Waals surface area (Å²) in [5, 5.41) is 18.8. The SMILES string of the molecule is CC=CC(=O)OC(=O)c1ccccc1C(=O)OCC.CC=CC(=O)OC(=O)c1ccccc1C(=O)OCC.O=C([O-])/C=C\C(=O)[O-].[H+].[H+]. The molecule has 14 heteroatoms. The van der Waals surface area contributed by atoms with E-state index >= 15 is 0 Å². The lowest BCUT2D eigenvalue weighted by molar-refractivity contribution is -0.301. The molecule has 0 saturated carbocycles. The molecule has 244 valence electrons. The molecule has 0 aromatic heterocycles. The minimum Gasteiger partial charge on any atom is -0.545 e. The summed E-state index contributed by atoms with van der Waals surface area (Å²) >= 11 is 0. The zero-order chi connectivity index (χ0) is 35.1. The van der Waals surface area contributed by atoms with Crippen molar-refractivity contribution in [2.45, 2.75) is 27.7 Å². The third-order valence-corrected chi connectivity index (χ3v) is 4.63. The van der Waals surface area contributed by atoms with E-state index in [0.717, 1.165) is 12.2 Å². The van der Waals surface area contributed by atoms with E-state index in [1.54, 1.807) is 52.0 Å². The fraction of sp³-hybridized carbons (Fsp3) is 0.188. The molecule has 2 aromatic carbocycles. The van der Waals surface area contributed by atoms with Gasteiger partial charge in [0, 0.05) is 12.2 Å². The summed E-state index contributed by atoms with van der Waals surface area (Å²) in [5.41, 5.74) is 0.142. The number of ether oxygens (including phenoxy) is 4. The minimum atomic E-state index is -1.55. The number of rotatable bonds is 10. The van der Waals surface area contributed by atoms with Crippen LogP contribution in [0.3, 0.4) is 0 Å². The fourth-order valence-electron chi connectivity index (χ4n) is 2.86. The van der Waals surface area contributed by atoms with E-state index in [4.69, 9.17) is 9.47 Å². The molecule has 0 bridgehead atoms. The molecule has 0 aliphatic rings. The molecule has 14 nitrogen and oxygen atoms in total. The second-order valence-corrected chi connectivity index (χ2v) is 7.92. The average Bonchev–Trinajstić information content (AvgIpc) is 3.01. The molecule has 0 amide bonds. The Morgan fingerprint density at radius 2 is 0.826 bits per heavy atom. The van der Waals surface area contributed by atoms with Crippen molar-refractivity contribution in [3.8, 4) is 0 Å². The van der Waals surface area contributed by atoms with Crippen LogP contribution in [0, 0.1) is 0 Å². The Kier molecular flexibility index (Phi) is 19.4. The predicted molar refractivity (Wildman–Crippen MR) is 157 cm³/mol. The quantitative estimate of drug-likeness (QED) is 0.156. The van der Waals surface area contributed by atoms with Crippen LogP contribution >= 0.6 is 0 Å². The van der Waals surface area contributed by atoms with Gasteiger partial charge in [-0.15, -0.1) is 0 Å². The Morgan fingerprint density at radius 1 is 0.543 bits per heavy atom. The topological polar surface area (TPSA) is 220 Å². The van der Waals surface area contributed by atoms with Gasteiger partial charge in [0.2, 0.25) is 0 Å². The van der Waals surface area contributed by atoms with Crippen LogP contribution in [0.2, 0.25) is 0 Å². The third kappa shape index (κ3) is 15.9. The van der Waals surface area contributed by atoms with Gasteiger partial charge in [0.15, 0.2) is 0 Å². The van der Waals surface area contributed by atoms with Gasteiger partial charge in [-0.25, -0.2) is 28.8 Å². The Morgan fingerprint density at radius 3 is 1.07 bits per heavy atom. The maximum atomic E-state index is 11.8. The van der Waals surface area contributed by atoms with Gasteiger partial charge in [-0.2, -0.15) is 0 Å². The normalized spacial score (nSPS) is 10.1. The van der Waals surface area contributed by atoms with Crippen molar-refractivity contribution < 1.29 is 70.4 Å². The second-order valence-electron chi connectivity index (χ2n) is 7.92. The first-order valence-electron chi connectivity index (χ1n) is 13.2. The van der Waals surface area contributed by atoms with E-state index in [1.807, 2.05) is 0 Å². The molecule has 2 rings (SSSR count). The highest BCUT2D eigenvalue weighted by molar-refractivity contribution is 6.08. The molecule has 0 unspecified atom stereocenters. The largest absolute Gasteiger partial charge is 1.00 e. The molecular formula is C32H32O14. The number of carbonyl (C=O) groups is 8. The summed E-state index contributed by atoms with van der Waals surface area (Å²) in [4.78, 5) is 88.1. The maximum Gasteiger partial charge on any atom is 1.00 e. The number of allylic oxidation sites excluding steroid dienone is 2. The van der Waals surface area contributed by atoms with Gasteiger partial charge in [0.1, 0.15) is 0 Å². The number of carboxylic acid groups (broad SMARTS) is 2. The van der Waals surface area contributed by atoms with Crippen molar-refractivity contribution in [3.05, 3.63) is 107 Å². The zero-order valence-corrected chi connectivity index (χ0v) is 25.2. The Hall–Kier alpha value is -6.18. The first-order valence-corrected chi connectivity index (χ1v) is 13.2. The predicted octanol–water partition coefficient (Wildman–Crippen LogP) is 1.51. The van der Waals surface area contributed by atoms with Crippen molar-refractivity contribution in [2.75, 3.05) is 13.2 Å². The molecule has 0 aliphatic heterocycles. The molecule has 0 spiro atoms. The minimum absolute atomic E-state index is 0. The Bertz CT molecular complexity index is 1400. The van der Waals surface area contributed by atoms with E-state index in [2.05, 4.69) is 9.47 Å². The summed E-state index contributed by atoms with van der Waals surface area (Å²) in [5.74, 6) is -7.69. The standard InChI is InChI=1S/2C14H14O5.C4H4O4/c2*1-3-7-12(15)19-14(17)11-9-6-5-8-10(11)13(16)18-4-2;5-3(6)1-2-4(7)8/h2*3,5-9H,4H2,1-2H3;1-2H,(H,5,6)(H,7,8)/b;;2-1-. The molecule has 0 radical (unpaired) electrons. The van der Waals surface area contributed by atoms with Gasteiger partial charge in [0.05, 0.1) is 47.4 Å². The Labute approximate surface area is 266 Å². The van der Waals surface area contributed by atoms with E-state index in [0.29, 0.717) is 12.2 Å². The highest BCUT2D eigenvalue weighted by Crippen LogP contribution is 2.13. The first kappa shape index (κ1) is 39.8. The summed E-state index contributed by atoms with van der Waals surface area (Å²) < 4.78 is 18.8. The molecule has 0 atom stereocenters. The van der Waals surface area contributed by atoms with Crippen molar-refractivity contribution >= 4 is 47.8 Å². The number of benzene rings is 2. The van der Waals surface area contributed by atoms with Crippen molar-refractivity contribution in [2.24, 2.45) is 0 Å². The Balaban J connectivity index is -0.000000668. The van der Waals surface area contributed by atoms with Crippen LogP contribution < -0.4 is 10.2 Å². The van der Waals surface area contributed by atoms with E-state index < -0.39 is 47.8 Å². The van der Waals surface area contributed by atoms with Crippen LogP contribution in [0.25, 0.3) is 0 Å². The van der Waals surface area contributed by atoms with Gasteiger partial charge < -0.3 is 38.7 Å². The lowest BCUT2D eigenvalue weighted by atomic mass is 10.1. The van der Waals surface area contributed by atoms with Crippen molar-refractivity contribution in [3.63, 3.8) is 0 Å². The van der Waals surface area contributed by atoms with Gasteiger partial charge >= 0.3 is 38.7 Å². The molecular weight excluding hydrogens is 608 g/mol. The summed E-state index contributed by atoms with van der Waals surface area (Å²) in [7, 11) is 0. The highest BCUT2D eigenvalue weighted by Gasteiger charge is 2.21. The van der Waals surface area contributed by atoms with Crippen LogP contribution in [0.4, 0.5) is 0 Å². The molecule has 0 fully saturated rings. The van der Waals surface area contributed by atoms with E-state index in [9.17, 15) is 48.6 Å². The number of hydrogen-bond acceptors (Lipinski definition) is 14. The van der Waals surface area contributed by atoms with Crippen molar-refractivity contribution in [1.82, 2.24) is 0 Å². The van der Waals surface area contributed by atoms with Gasteiger partial charge in [-0.3, -0.25) is 0 Å². The molecule has 0 heterocycles.